The minimum atomic E-state index is -4.32. The smallest absolute Gasteiger partial charge is 0.342 e. The molecule has 1 aromatic heterocycles. The zero-order chi connectivity index (χ0) is 19.3. The van der Waals surface area contributed by atoms with Crippen LogP contribution in [-0.4, -0.2) is 44.1 Å². The molecule has 0 saturated carbocycles. The van der Waals surface area contributed by atoms with Crippen LogP contribution in [0.25, 0.3) is 0 Å². The Morgan fingerprint density at radius 1 is 1.30 bits per heavy atom. The van der Waals surface area contributed by atoms with Gasteiger partial charge in [-0.3, -0.25) is 4.79 Å². The lowest BCUT2D eigenvalue weighted by Crippen LogP contribution is -2.40. The van der Waals surface area contributed by atoms with Crippen LogP contribution in [0.2, 0.25) is 0 Å². The Kier molecular flexibility index (Phi) is 6.08. The summed E-state index contributed by atoms with van der Waals surface area (Å²) in [6, 6.07) is 5.49. The molecule has 2 aromatic rings. The minimum Gasteiger partial charge on any atom is -0.342 e. The number of nitrogens with zero attached hydrogens (tertiary/aromatic N) is 5. The first kappa shape index (κ1) is 19.3. The van der Waals surface area contributed by atoms with Gasteiger partial charge in [0.15, 0.2) is 0 Å². The summed E-state index contributed by atoms with van der Waals surface area (Å²) in [6.45, 7) is 1.83. The van der Waals surface area contributed by atoms with Gasteiger partial charge in [-0.15, -0.1) is 5.10 Å². The van der Waals surface area contributed by atoms with Crippen molar-refractivity contribution in [2.45, 2.75) is 44.8 Å². The number of hydrogen-bond acceptors (Lipinski definition) is 4. The van der Waals surface area contributed by atoms with Crippen molar-refractivity contribution in [3.05, 3.63) is 41.7 Å². The summed E-state index contributed by atoms with van der Waals surface area (Å²) in [5, 5.41) is 10.8. The number of aryl methyl sites for hydroxylation is 2. The van der Waals surface area contributed by atoms with Crippen molar-refractivity contribution < 1.29 is 18.0 Å². The number of aromatic nitrogens is 4. The molecule has 3 rings (SSSR count). The van der Waals surface area contributed by atoms with Gasteiger partial charge in [-0.1, -0.05) is 18.2 Å². The first-order valence-electron chi connectivity index (χ1n) is 9.06. The van der Waals surface area contributed by atoms with Crippen molar-refractivity contribution in [1.29, 1.82) is 0 Å². The Labute approximate surface area is 155 Å². The number of piperidine rings is 1. The summed E-state index contributed by atoms with van der Waals surface area (Å²) < 4.78 is 40.0. The second-order valence-electron chi connectivity index (χ2n) is 6.91. The standard InChI is InChI=1S/C18H22F3N5O/c19-18(20,21)16-5-1-3-14(11-16)6-7-15-4-2-9-25(12-15)17(27)8-10-26-13-22-23-24-26/h1,3,5,11,13,15H,2,4,6-10,12H2/t15-/m1/s1. The van der Waals surface area contributed by atoms with Gasteiger partial charge in [0.05, 0.1) is 12.1 Å². The number of amides is 1. The van der Waals surface area contributed by atoms with E-state index < -0.39 is 11.7 Å². The summed E-state index contributed by atoms with van der Waals surface area (Å²) in [5.41, 5.74) is 0.0787. The molecule has 1 amide bonds. The van der Waals surface area contributed by atoms with Crippen LogP contribution in [0.3, 0.4) is 0 Å². The third-order valence-corrected chi connectivity index (χ3v) is 4.91. The lowest BCUT2D eigenvalue weighted by atomic mass is 9.91. The number of rotatable bonds is 6. The van der Waals surface area contributed by atoms with Gasteiger partial charge >= 0.3 is 6.18 Å². The van der Waals surface area contributed by atoms with Gasteiger partial charge in [0.2, 0.25) is 5.91 Å². The van der Waals surface area contributed by atoms with Crippen LogP contribution < -0.4 is 0 Å². The van der Waals surface area contributed by atoms with E-state index in [9.17, 15) is 18.0 Å². The van der Waals surface area contributed by atoms with E-state index in [0.717, 1.165) is 31.9 Å². The van der Waals surface area contributed by atoms with E-state index in [4.69, 9.17) is 0 Å². The number of likely N-dealkylation sites (tertiary alicyclic amines) is 1. The van der Waals surface area contributed by atoms with E-state index in [1.165, 1.54) is 23.1 Å². The number of carbonyl (C=O) groups excluding carboxylic acids is 1. The molecule has 0 aliphatic carbocycles. The highest BCUT2D eigenvalue weighted by atomic mass is 19.4. The topological polar surface area (TPSA) is 63.9 Å². The molecule has 1 aliphatic rings. The third-order valence-electron chi connectivity index (χ3n) is 4.91. The molecule has 0 bridgehead atoms. The van der Waals surface area contributed by atoms with Crippen LogP contribution in [0, 0.1) is 5.92 Å². The molecule has 6 nitrogen and oxygen atoms in total. The van der Waals surface area contributed by atoms with Gasteiger partial charge in [0, 0.05) is 19.5 Å². The van der Waals surface area contributed by atoms with Crippen LogP contribution in [0.1, 0.15) is 36.8 Å². The molecule has 2 heterocycles. The fourth-order valence-electron chi connectivity index (χ4n) is 3.45. The summed E-state index contributed by atoms with van der Waals surface area (Å²) in [4.78, 5) is 14.2. The highest BCUT2D eigenvalue weighted by molar-refractivity contribution is 5.76. The zero-order valence-electron chi connectivity index (χ0n) is 14.9. The molecule has 27 heavy (non-hydrogen) atoms. The molecule has 1 saturated heterocycles. The third kappa shape index (κ3) is 5.51. The van der Waals surface area contributed by atoms with Gasteiger partial charge in [-0.05, 0) is 53.7 Å². The van der Waals surface area contributed by atoms with E-state index in [1.807, 2.05) is 4.90 Å². The van der Waals surface area contributed by atoms with Crippen molar-refractivity contribution in [2.24, 2.45) is 5.92 Å². The van der Waals surface area contributed by atoms with Crippen molar-refractivity contribution in [2.75, 3.05) is 13.1 Å². The lowest BCUT2D eigenvalue weighted by molar-refractivity contribution is -0.137. The summed E-state index contributed by atoms with van der Waals surface area (Å²) in [7, 11) is 0. The maximum absolute atomic E-state index is 12.8. The molecular weight excluding hydrogens is 359 g/mol. The molecule has 0 unspecified atom stereocenters. The van der Waals surface area contributed by atoms with Gasteiger partial charge in [-0.2, -0.15) is 13.2 Å². The maximum Gasteiger partial charge on any atom is 0.416 e. The van der Waals surface area contributed by atoms with Crippen LogP contribution in [0.4, 0.5) is 13.2 Å². The molecular formula is C18H22F3N5O. The highest BCUT2D eigenvalue weighted by Crippen LogP contribution is 2.30. The van der Waals surface area contributed by atoms with Crippen molar-refractivity contribution >= 4 is 5.91 Å². The van der Waals surface area contributed by atoms with E-state index in [1.54, 1.807) is 6.07 Å². The predicted molar refractivity (Wildman–Crippen MR) is 91.5 cm³/mol. The average Bonchev–Trinajstić information content (AvgIpc) is 3.18. The molecule has 1 atom stereocenters. The van der Waals surface area contributed by atoms with Crippen molar-refractivity contribution in [3.63, 3.8) is 0 Å². The second-order valence-corrected chi connectivity index (χ2v) is 6.91. The van der Waals surface area contributed by atoms with Gasteiger partial charge in [0.25, 0.3) is 0 Å². The van der Waals surface area contributed by atoms with E-state index in [0.29, 0.717) is 37.4 Å². The van der Waals surface area contributed by atoms with Crippen molar-refractivity contribution in [3.8, 4) is 0 Å². The Morgan fingerprint density at radius 3 is 2.89 bits per heavy atom. The molecule has 1 fully saturated rings. The fourth-order valence-corrected chi connectivity index (χ4v) is 3.45. The summed E-state index contributed by atoms with van der Waals surface area (Å²) >= 11 is 0. The second kappa shape index (κ2) is 8.49. The van der Waals surface area contributed by atoms with E-state index in [2.05, 4.69) is 15.5 Å². The van der Waals surface area contributed by atoms with E-state index >= 15 is 0 Å². The Bertz CT molecular complexity index is 748. The zero-order valence-corrected chi connectivity index (χ0v) is 14.9. The molecule has 9 heteroatoms. The Morgan fingerprint density at radius 2 is 2.15 bits per heavy atom. The number of carbonyl (C=O) groups is 1. The van der Waals surface area contributed by atoms with Gasteiger partial charge in [-0.25, -0.2) is 4.68 Å². The minimum absolute atomic E-state index is 0.0641. The largest absolute Gasteiger partial charge is 0.416 e. The Balaban J connectivity index is 1.49. The highest BCUT2D eigenvalue weighted by Gasteiger charge is 2.30. The van der Waals surface area contributed by atoms with Gasteiger partial charge in [0.1, 0.15) is 6.33 Å². The number of hydrogen-bond donors (Lipinski definition) is 0. The van der Waals surface area contributed by atoms with Crippen LogP contribution in [0.5, 0.6) is 0 Å². The van der Waals surface area contributed by atoms with Gasteiger partial charge < -0.3 is 4.90 Å². The number of halogens is 3. The monoisotopic (exact) mass is 381 g/mol. The van der Waals surface area contributed by atoms with Crippen LogP contribution >= 0.6 is 0 Å². The van der Waals surface area contributed by atoms with Crippen molar-refractivity contribution in [1.82, 2.24) is 25.1 Å². The summed E-state index contributed by atoms with van der Waals surface area (Å²) in [6.07, 6.45) is 0.773. The van der Waals surface area contributed by atoms with Crippen LogP contribution in [-0.2, 0) is 23.9 Å². The summed E-state index contributed by atoms with van der Waals surface area (Å²) in [5.74, 6) is 0.375. The molecule has 1 aliphatic heterocycles. The predicted octanol–water partition coefficient (Wildman–Crippen LogP) is 2.95. The molecule has 1 aromatic carbocycles. The first-order valence-corrected chi connectivity index (χ1v) is 9.06. The number of tetrazole rings is 1. The quantitative estimate of drug-likeness (QED) is 0.772. The average molecular weight is 381 g/mol. The SMILES string of the molecule is O=C(CCn1cnnn1)N1CCC[C@H](CCc2cccc(C(F)(F)F)c2)C1. The molecule has 0 N–H and O–H groups in total. The molecule has 0 spiro atoms. The number of alkyl halides is 3. The Hall–Kier alpha value is -2.45. The fraction of sp³-hybridized carbons (Fsp3) is 0.556. The van der Waals surface area contributed by atoms with E-state index in [-0.39, 0.29) is 5.91 Å². The first-order chi connectivity index (χ1) is 12.9. The normalized spacial score (nSPS) is 17.9. The van der Waals surface area contributed by atoms with Crippen LogP contribution in [0.15, 0.2) is 30.6 Å². The molecule has 0 radical (unpaired) electrons. The maximum atomic E-state index is 12.8. The molecule has 146 valence electrons. The number of benzene rings is 1. The lowest BCUT2D eigenvalue weighted by Gasteiger charge is -2.33.